The molecule has 2 rings (SSSR count). The van der Waals surface area contributed by atoms with Gasteiger partial charge in [-0.25, -0.2) is 0 Å². The van der Waals surface area contributed by atoms with E-state index in [4.69, 9.17) is 0 Å². The molecule has 1 N–H and O–H groups in total. The number of rotatable bonds is 2. The van der Waals surface area contributed by atoms with Crippen LogP contribution in [0.4, 0.5) is 0 Å². The van der Waals surface area contributed by atoms with Gasteiger partial charge in [0.1, 0.15) is 0 Å². The van der Waals surface area contributed by atoms with Crippen molar-refractivity contribution < 1.29 is 0 Å². The SMILES string of the molecule is c1cnn(CN2CCNCC2)c1. The Morgan fingerprint density at radius 2 is 2.17 bits per heavy atom. The highest BCUT2D eigenvalue weighted by Crippen LogP contribution is 1.95. The highest BCUT2D eigenvalue weighted by atomic mass is 15.4. The van der Waals surface area contributed by atoms with Crippen LogP contribution < -0.4 is 5.32 Å². The summed E-state index contributed by atoms with van der Waals surface area (Å²) in [5.41, 5.74) is 0. The fourth-order valence-corrected chi connectivity index (χ4v) is 1.44. The lowest BCUT2D eigenvalue weighted by molar-refractivity contribution is 0.183. The highest BCUT2D eigenvalue weighted by Gasteiger charge is 2.08. The summed E-state index contributed by atoms with van der Waals surface area (Å²) < 4.78 is 1.96. The van der Waals surface area contributed by atoms with E-state index >= 15 is 0 Å². The standard InChI is InChI=1S/C8H14N4/c1-2-10-12(5-1)8-11-6-3-9-4-7-11/h1-2,5,9H,3-4,6-8H2. The summed E-state index contributed by atoms with van der Waals surface area (Å²) in [6.07, 6.45) is 3.82. The molecule has 4 heteroatoms. The molecule has 1 aromatic rings. The van der Waals surface area contributed by atoms with Crippen LogP contribution in [0.2, 0.25) is 0 Å². The molecule has 0 aromatic carbocycles. The van der Waals surface area contributed by atoms with Crippen LogP contribution in [-0.2, 0) is 6.67 Å². The van der Waals surface area contributed by atoms with Crippen molar-refractivity contribution in [3.8, 4) is 0 Å². The summed E-state index contributed by atoms with van der Waals surface area (Å²) in [6.45, 7) is 5.37. The third-order valence-corrected chi connectivity index (χ3v) is 2.11. The predicted molar refractivity (Wildman–Crippen MR) is 46.7 cm³/mol. The topological polar surface area (TPSA) is 33.1 Å². The third-order valence-electron chi connectivity index (χ3n) is 2.11. The van der Waals surface area contributed by atoms with E-state index in [0.29, 0.717) is 0 Å². The van der Waals surface area contributed by atoms with Crippen molar-refractivity contribution >= 4 is 0 Å². The van der Waals surface area contributed by atoms with Crippen molar-refractivity contribution in [2.45, 2.75) is 6.67 Å². The van der Waals surface area contributed by atoms with Gasteiger partial charge in [-0.3, -0.25) is 9.58 Å². The van der Waals surface area contributed by atoms with Crippen molar-refractivity contribution in [2.75, 3.05) is 26.2 Å². The van der Waals surface area contributed by atoms with Gasteiger partial charge in [0.15, 0.2) is 0 Å². The summed E-state index contributed by atoms with van der Waals surface area (Å²) in [5.74, 6) is 0. The van der Waals surface area contributed by atoms with Crippen LogP contribution in [0.15, 0.2) is 18.5 Å². The van der Waals surface area contributed by atoms with Crippen molar-refractivity contribution in [1.29, 1.82) is 0 Å². The second-order valence-corrected chi connectivity index (χ2v) is 3.05. The van der Waals surface area contributed by atoms with Crippen molar-refractivity contribution in [2.24, 2.45) is 0 Å². The van der Waals surface area contributed by atoms with E-state index in [1.807, 2.05) is 23.1 Å². The molecule has 1 aliphatic rings. The Balaban J connectivity index is 1.86. The molecule has 0 unspecified atom stereocenters. The molecule has 0 saturated carbocycles. The first-order chi connectivity index (χ1) is 5.95. The quantitative estimate of drug-likeness (QED) is 0.657. The zero-order valence-corrected chi connectivity index (χ0v) is 7.11. The maximum absolute atomic E-state index is 4.16. The van der Waals surface area contributed by atoms with Gasteiger partial charge in [0.25, 0.3) is 0 Å². The van der Waals surface area contributed by atoms with E-state index in [-0.39, 0.29) is 0 Å². The molecule has 0 spiro atoms. The van der Waals surface area contributed by atoms with Gasteiger partial charge in [-0.1, -0.05) is 0 Å². The van der Waals surface area contributed by atoms with Crippen molar-refractivity contribution in [3.63, 3.8) is 0 Å². The second kappa shape index (κ2) is 3.69. The van der Waals surface area contributed by atoms with Crippen LogP contribution in [0.25, 0.3) is 0 Å². The zero-order valence-electron chi connectivity index (χ0n) is 7.11. The summed E-state index contributed by atoms with van der Waals surface area (Å²) >= 11 is 0. The van der Waals surface area contributed by atoms with Gasteiger partial charge in [0.05, 0.1) is 6.67 Å². The molecule has 12 heavy (non-hydrogen) atoms. The molecule has 0 bridgehead atoms. The van der Waals surface area contributed by atoms with Gasteiger partial charge in [0, 0.05) is 38.6 Å². The minimum Gasteiger partial charge on any atom is -0.314 e. The average Bonchev–Trinajstić information content (AvgIpc) is 2.59. The monoisotopic (exact) mass is 166 g/mol. The summed E-state index contributed by atoms with van der Waals surface area (Å²) in [5, 5.41) is 7.49. The van der Waals surface area contributed by atoms with E-state index in [1.165, 1.54) is 0 Å². The van der Waals surface area contributed by atoms with Crippen LogP contribution in [0.5, 0.6) is 0 Å². The highest BCUT2D eigenvalue weighted by molar-refractivity contribution is 4.78. The van der Waals surface area contributed by atoms with Crippen molar-refractivity contribution in [1.82, 2.24) is 20.0 Å². The molecular formula is C8H14N4. The Bertz CT molecular complexity index is 213. The lowest BCUT2D eigenvalue weighted by Gasteiger charge is -2.26. The largest absolute Gasteiger partial charge is 0.314 e. The Morgan fingerprint density at radius 3 is 2.83 bits per heavy atom. The second-order valence-electron chi connectivity index (χ2n) is 3.05. The molecule has 1 aromatic heterocycles. The molecule has 0 amide bonds. The summed E-state index contributed by atoms with van der Waals surface area (Å²) in [6, 6.07) is 1.96. The first-order valence-corrected chi connectivity index (χ1v) is 4.36. The Morgan fingerprint density at radius 1 is 1.33 bits per heavy atom. The van der Waals surface area contributed by atoms with Crippen LogP contribution in [0, 0.1) is 0 Å². The van der Waals surface area contributed by atoms with E-state index in [2.05, 4.69) is 15.3 Å². The van der Waals surface area contributed by atoms with E-state index in [0.717, 1.165) is 32.8 Å². The first-order valence-electron chi connectivity index (χ1n) is 4.36. The molecule has 1 aliphatic heterocycles. The normalized spacial score (nSPS) is 19.7. The number of nitrogens with zero attached hydrogens (tertiary/aromatic N) is 3. The van der Waals surface area contributed by atoms with E-state index < -0.39 is 0 Å². The number of aromatic nitrogens is 2. The number of nitrogens with one attached hydrogen (secondary N) is 1. The van der Waals surface area contributed by atoms with Crippen molar-refractivity contribution in [3.05, 3.63) is 18.5 Å². The van der Waals surface area contributed by atoms with Crippen LogP contribution in [0.1, 0.15) is 0 Å². The van der Waals surface area contributed by atoms with E-state index in [9.17, 15) is 0 Å². The molecule has 0 radical (unpaired) electrons. The average molecular weight is 166 g/mol. The molecule has 4 nitrogen and oxygen atoms in total. The van der Waals surface area contributed by atoms with Gasteiger partial charge in [0.2, 0.25) is 0 Å². The third kappa shape index (κ3) is 1.84. The zero-order chi connectivity index (χ0) is 8.23. The summed E-state index contributed by atoms with van der Waals surface area (Å²) in [7, 11) is 0. The van der Waals surface area contributed by atoms with Gasteiger partial charge in [-0.05, 0) is 6.07 Å². The molecule has 0 atom stereocenters. The van der Waals surface area contributed by atoms with Gasteiger partial charge >= 0.3 is 0 Å². The van der Waals surface area contributed by atoms with Crippen LogP contribution in [0.3, 0.4) is 0 Å². The lowest BCUT2D eigenvalue weighted by Crippen LogP contribution is -2.44. The van der Waals surface area contributed by atoms with Crippen LogP contribution in [-0.4, -0.2) is 40.9 Å². The lowest BCUT2D eigenvalue weighted by atomic mass is 10.4. The number of hydrogen-bond donors (Lipinski definition) is 1. The fourth-order valence-electron chi connectivity index (χ4n) is 1.44. The fraction of sp³-hybridized carbons (Fsp3) is 0.625. The minimum atomic E-state index is 0.925. The van der Waals surface area contributed by atoms with Crippen LogP contribution >= 0.6 is 0 Å². The Hall–Kier alpha value is -0.870. The first kappa shape index (κ1) is 7.76. The minimum absolute atomic E-state index is 0.925. The maximum Gasteiger partial charge on any atom is 0.0929 e. The predicted octanol–water partition coefficient (Wildman–Crippen LogP) is -0.254. The summed E-state index contributed by atoms with van der Waals surface area (Å²) in [4.78, 5) is 2.39. The Labute approximate surface area is 72.2 Å². The van der Waals surface area contributed by atoms with Gasteiger partial charge < -0.3 is 5.32 Å². The molecule has 66 valence electrons. The van der Waals surface area contributed by atoms with Gasteiger partial charge in [-0.2, -0.15) is 5.10 Å². The molecule has 2 heterocycles. The molecular weight excluding hydrogens is 152 g/mol. The Kier molecular flexibility index (Phi) is 2.39. The maximum atomic E-state index is 4.16. The smallest absolute Gasteiger partial charge is 0.0929 e. The molecule has 0 aliphatic carbocycles. The number of piperazine rings is 1. The van der Waals surface area contributed by atoms with Gasteiger partial charge in [-0.15, -0.1) is 0 Å². The number of hydrogen-bond acceptors (Lipinski definition) is 3. The van der Waals surface area contributed by atoms with E-state index in [1.54, 1.807) is 0 Å². The molecule has 1 fully saturated rings. The molecule has 1 saturated heterocycles.